The van der Waals surface area contributed by atoms with E-state index < -0.39 is 15.9 Å². The third-order valence-electron chi connectivity index (χ3n) is 3.00. The molecule has 2 rings (SSSR count). The minimum atomic E-state index is -1.96. The van der Waals surface area contributed by atoms with E-state index in [1.165, 1.54) is 12.1 Å². The molecule has 0 aromatic heterocycles. The lowest BCUT2D eigenvalue weighted by molar-refractivity contribution is -0.122. The minimum Gasteiger partial charge on any atom is -0.463 e. The molecule has 0 unspecified atom stereocenters. The second-order valence-electron chi connectivity index (χ2n) is 4.97. The SMILES string of the molecule is O=C(Cc1ccccc1)N[C@H](Oc1c(Cl)cc(Cl)cc1Cl)C(Cl)(Cl)Cl. The zero-order valence-corrected chi connectivity index (χ0v) is 16.9. The first-order chi connectivity index (χ1) is 11.7. The number of alkyl halides is 3. The molecule has 25 heavy (non-hydrogen) atoms. The number of carbonyl (C=O) groups excluding carboxylic acids is 1. The number of amides is 1. The van der Waals surface area contributed by atoms with Gasteiger partial charge in [-0.2, -0.15) is 0 Å². The lowest BCUT2D eigenvalue weighted by Crippen LogP contribution is -2.48. The van der Waals surface area contributed by atoms with Gasteiger partial charge in [-0.05, 0) is 17.7 Å². The minimum absolute atomic E-state index is 0.0454. The van der Waals surface area contributed by atoms with Gasteiger partial charge >= 0.3 is 0 Å². The van der Waals surface area contributed by atoms with Gasteiger partial charge in [-0.15, -0.1) is 0 Å². The molecule has 2 aromatic rings. The molecule has 2 aromatic carbocycles. The van der Waals surface area contributed by atoms with Crippen molar-refractivity contribution in [3.05, 3.63) is 63.1 Å². The summed E-state index contributed by atoms with van der Waals surface area (Å²) in [6, 6.07) is 11.9. The van der Waals surface area contributed by atoms with Gasteiger partial charge in [-0.25, -0.2) is 0 Å². The van der Waals surface area contributed by atoms with E-state index >= 15 is 0 Å². The summed E-state index contributed by atoms with van der Waals surface area (Å²) in [5.41, 5.74) is 0.797. The van der Waals surface area contributed by atoms with E-state index in [0.29, 0.717) is 5.02 Å². The molecule has 0 aliphatic heterocycles. The highest BCUT2D eigenvalue weighted by atomic mass is 35.6. The molecule has 0 spiro atoms. The highest BCUT2D eigenvalue weighted by molar-refractivity contribution is 6.68. The predicted octanol–water partition coefficient (Wildman–Crippen LogP) is 6.08. The molecule has 1 N–H and O–H groups in total. The first kappa shape index (κ1) is 20.8. The van der Waals surface area contributed by atoms with Crippen LogP contribution in [0.2, 0.25) is 15.1 Å². The maximum absolute atomic E-state index is 12.2. The summed E-state index contributed by atoms with van der Waals surface area (Å²) in [4.78, 5) is 12.2. The van der Waals surface area contributed by atoms with Crippen LogP contribution in [0, 0.1) is 0 Å². The van der Waals surface area contributed by atoms with Crippen molar-refractivity contribution in [1.82, 2.24) is 5.32 Å². The van der Waals surface area contributed by atoms with Gasteiger partial charge in [-0.1, -0.05) is 99.9 Å². The number of halogens is 6. The number of carbonyl (C=O) groups is 1. The first-order valence-corrected chi connectivity index (χ1v) is 9.15. The molecule has 0 bridgehead atoms. The number of nitrogens with one attached hydrogen (secondary N) is 1. The molecular weight excluding hydrogens is 451 g/mol. The van der Waals surface area contributed by atoms with Crippen LogP contribution in [-0.2, 0) is 11.2 Å². The molecule has 1 amide bonds. The van der Waals surface area contributed by atoms with Gasteiger partial charge in [0.1, 0.15) is 0 Å². The van der Waals surface area contributed by atoms with Crippen LogP contribution in [0.15, 0.2) is 42.5 Å². The third kappa shape index (κ3) is 6.28. The van der Waals surface area contributed by atoms with Gasteiger partial charge < -0.3 is 10.1 Å². The second kappa shape index (κ2) is 8.90. The molecule has 134 valence electrons. The van der Waals surface area contributed by atoms with Crippen LogP contribution in [-0.4, -0.2) is 15.9 Å². The Morgan fingerprint density at radius 1 is 1.04 bits per heavy atom. The lowest BCUT2D eigenvalue weighted by Gasteiger charge is -2.27. The van der Waals surface area contributed by atoms with E-state index in [4.69, 9.17) is 74.3 Å². The molecule has 1 atom stereocenters. The standard InChI is InChI=1S/C16H11Cl6NO2/c17-10-7-11(18)14(12(19)8-10)25-15(16(20,21)22)23-13(24)6-9-4-2-1-3-5-9/h1-5,7-8,15H,6H2,(H,23,24)/t15-/m1/s1. The largest absolute Gasteiger partial charge is 0.463 e. The van der Waals surface area contributed by atoms with E-state index in [-0.39, 0.29) is 22.2 Å². The van der Waals surface area contributed by atoms with Gasteiger partial charge in [0.2, 0.25) is 15.9 Å². The predicted molar refractivity (Wildman–Crippen MR) is 104 cm³/mol. The Balaban J connectivity index is 2.16. The Hall–Kier alpha value is -0.550. The number of ether oxygens (including phenoxy) is 1. The van der Waals surface area contributed by atoms with Gasteiger partial charge in [-0.3, -0.25) is 4.79 Å². The Kier molecular flexibility index (Phi) is 7.39. The van der Waals surface area contributed by atoms with E-state index in [0.717, 1.165) is 5.56 Å². The quantitative estimate of drug-likeness (QED) is 0.432. The molecule has 0 aliphatic carbocycles. The van der Waals surface area contributed by atoms with Crippen LogP contribution >= 0.6 is 69.6 Å². The Labute approximate surface area is 175 Å². The maximum atomic E-state index is 12.2. The first-order valence-electron chi connectivity index (χ1n) is 6.88. The number of hydrogen-bond acceptors (Lipinski definition) is 2. The molecule has 0 aliphatic rings. The van der Waals surface area contributed by atoms with E-state index in [9.17, 15) is 4.79 Å². The van der Waals surface area contributed by atoms with Crippen LogP contribution in [0.5, 0.6) is 5.75 Å². The van der Waals surface area contributed by atoms with Crippen molar-refractivity contribution in [2.45, 2.75) is 16.4 Å². The average molecular weight is 462 g/mol. The highest BCUT2D eigenvalue weighted by Gasteiger charge is 2.37. The summed E-state index contributed by atoms with van der Waals surface area (Å²) < 4.78 is 3.59. The van der Waals surface area contributed by atoms with Crippen LogP contribution in [0.3, 0.4) is 0 Å². The van der Waals surface area contributed by atoms with E-state index in [2.05, 4.69) is 5.32 Å². The van der Waals surface area contributed by atoms with Crippen molar-refractivity contribution < 1.29 is 9.53 Å². The summed E-state index contributed by atoms with van der Waals surface area (Å²) in [7, 11) is 0. The van der Waals surface area contributed by atoms with Crippen LogP contribution in [0.1, 0.15) is 5.56 Å². The van der Waals surface area contributed by atoms with Crippen molar-refractivity contribution >= 4 is 75.5 Å². The molecule has 0 saturated carbocycles. The smallest absolute Gasteiger partial charge is 0.246 e. The second-order valence-corrected chi connectivity index (χ2v) is 8.59. The number of rotatable bonds is 5. The Morgan fingerprint density at radius 3 is 2.12 bits per heavy atom. The van der Waals surface area contributed by atoms with Crippen LogP contribution < -0.4 is 10.1 Å². The third-order valence-corrected chi connectivity index (χ3v) is 4.37. The Bertz CT molecular complexity index is 725. The number of hydrogen-bond donors (Lipinski definition) is 1. The summed E-state index contributed by atoms with van der Waals surface area (Å²) in [5.74, 6) is -0.354. The fourth-order valence-corrected chi connectivity index (χ4v) is 3.12. The highest BCUT2D eigenvalue weighted by Crippen LogP contribution is 2.39. The summed E-state index contributed by atoms with van der Waals surface area (Å²) in [6.45, 7) is 0. The molecule has 0 heterocycles. The van der Waals surface area contributed by atoms with Crippen molar-refractivity contribution in [3.63, 3.8) is 0 Å². The number of benzene rings is 2. The molecule has 9 heteroatoms. The van der Waals surface area contributed by atoms with Crippen molar-refractivity contribution in [2.24, 2.45) is 0 Å². The molecule has 0 radical (unpaired) electrons. The average Bonchev–Trinajstić information content (AvgIpc) is 2.49. The molecule has 0 saturated heterocycles. The summed E-state index contributed by atoms with van der Waals surface area (Å²) in [5, 5.41) is 3.07. The fourth-order valence-electron chi connectivity index (χ4n) is 1.92. The van der Waals surface area contributed by atoms with Gasteiger partial charge in [0, 0.05) is 5.02 Å². The summed E-state index contributed by atoms with van der Waals surface area (Å²) in [6.07, 6.45) is -1.23. The van der Waals surface area contributed by atoms with Crippen LogP contribution in [0.25, 0.3) is 0 Å². The molecular formula is C16H11Cl6NO2. The fraction of sp³-hybridized carbons (Fsp3) is 0.188. The van der Waals surface area contributed by atoms with Gasteiger partial charge in [0.05, 0.1) is 16.5 Å². The normalized spacial score (nSPS) is 12.6. The van der Waals surface area contributed by atoms with Gasteiger partial charge in [0.15, 0.2) is 5.75 Å². The van der Waals surface area contributed by atoms with E-state index in [1.807, 2.05) is 18.2 Å². The zero-order chi connectivity index (χ0) is 18.6. The lowest BCUT2D eigenvalue weighted by atomic mass is 10.1. The van der Waals surface area contributed by atoms with Crippen LogP contribution in [0.4, 0.5) is 0 Å². The molecule has 0 fully saturated rings. The van der Waals surface area contributed by atoms with Crippen molar-refractivity contribution in [2.75, 3.05) is 0 Å². The van der Waals surface area contributed by atoms with E-state index in [1.54, 1.807) is 12.1 Å². The topological polar surface area (TPSA) is 38.3 Å². The van der Waals surface area contributed by atoms with Crippen molar-refractivity contribution in [1.29, 1.82) is 0 Å². The monoisotopic (exact) mass is 459 g/mol. The summed E-state index contributed by atoms with van der Waals surface area (Å²) >= 11 is 35.7. The maximum Gasteiger partial charge on any atom is 0.246 e. The Morgan fingerprint density at radius 2 is 1.60 bits per heavy atom. The van der Waals surface area contributed by atoms with Crippen molar-refractivity contribution in [3.8, 4) is 5.75 Å². The molecule has 3 nitrogen and oxygen atoms in total. The zero-order valence-electron chi connectivity index (χ0n) is 12.4. The van der Waals surface area contributed by atoms with Gasteiger partial charge in [0.25, 0.3) is 0 Å².